The zero-order valence-electron chi connectivity index (χ0n) is 18.3. The number of aryl methyl sites for hydroxylation is 1. The van der Waals surface area contributed by atoms with Crippen molar-refractivity contribution in [1.29, 1.82) is 0 Å². The van der Waals surface area contributed by atoms with Gasteiger partial charge in [0.1, 0.15) is 17.1 Å². The fourth-order valence-corrected chi connectivity index (χ4v) is 3.70. The molecule has 0 saturated heterocycles. The Morgan fingerprint density at radius 2 is 1.90 bits per heavy atom. The molecule has 1 aromatic heterocycles. The number of benzene rings is 1. The third-order valence-electron chi connectivity index (χ3n) is 5.19. The summed E-state index contributed by atoms with van der Waals surface area (Å²) in [5.74, 6) is 1.23. The van der Waals surface area contributed by atoms with E-state index >= 15 is 0 Å². The average Bonchev–Trinajstić information content (AvgIpc) is 2.99. The van der Waals surface area contributed by atoms with Crippen LogP contribution < -0.4 is 15.2 Å². The molecule has 2 heterocycles. The fourth-order valence-electron chi connectivity index (χ4n) is 3.70. The Bertz CT molecular complexity index is 1050. The Morgan fingerprint density at radius 1 is 1.21 bits per heavy atom. The molecule has 154 valence electrons. The minimum atomic E-state index is -0.129. The highest BCUT2D eigenvalue weighted by molar-refractivity contribution is 6.48. The van der Waals surface area contributed by atoms with Crippen molar-refractivity contribution in [2.45, 2.75) is 47.5 Å². The highest BCUT2D eigenvalue weighted by Crippen LogP contribution is 2.33. The van der Waals surface area contributed by atoms with E-state index < -0.39 is 0 Å². The number of hydrogen-bond acceptors (Lipinski definition) is 6. The number of aromatic nitrogens is 2. The molecule has 0 radical (unpaired) electrons. The van der Waals surface area contributed by atoms with Crippen molar-refractivity contribution in [2.24, 2.45) is 10.1 Å². The molecule has 7 heteroatoms. The molecule has 0 aliphatic carbocycles. The maximum atomic E-state index is 12.9. The molecule has 0 saturated carbocycles. The van der Waals surface area contributed by atoms with Crippen LogP contribution in [0.1, 0.15) is 57.6 Å². The first-order valence-corrected chi connectivity index (χ1v) is 10.0. The normalized spacial score (nSPS) is 14.3. The summed E-state index contributed by atoms with van der Waals surface area (Å²) in [6.45, 7) is 13.7. The van der Waals surface area contributed by atoms with Gasteiger partial charge in [-0.1, -0.05) is 13.8 Å². The number of rotatable bonds is 6. The first-order valence-electron chi connectivity index (χ1n) is 10.0. The van der Waals surface area contributed by atoms with Crippen LogP contribution in [0.25, 0.3) is 0 Å². The molecule has 0 N–H and O–H groups in total. The molecule has 3 rings (SSSR count). The van der Waals surface area contributed by atoms with Gasteiger partial charge in [0.05, 0.1) is 12.8 Å². The standard InChI is InChI=1S/C22H29N5O2/c1-8-26(9-2)16-10-11-17(18(12-16)29-7)24-20-15(6)25-27-21(20)23-14(5)19(13(3)4)22(27)28/h10-13H,8-9H2,1-7H3. The SMILES string of the molecule is CCN(CC)c1ccc(N=C2C(C)=Nn3c2nc(C)c(C(C)C)c3=O)c(OC)c1. The van der Waals surface area contributed by atoms with E-state index in [4.69, 9.17) is 9.73 Å². The summed E-state index contributed by atoms with van der Waals surface area (Å²) in [6, 6.07) is 5.95. The van der Waals surface area contributed by atoms with Crippen LogP contribution in [0.3, 0.4) is 0 Å². The summed E-state index contributed by atoms with van der Waals surface area (Å²) < 4.78 is 6.96. The van der Waals surface area contributed by atoms with Crippen molar-refractivity contribution in [2.75, 3.05) is 25.1 Å². The molecule has 7 nitrogen and oxygen atoms in total. The van der Waals surface area contributed by atoms with Crippen LogP contribution in [0.4, 0.5) is 11.4 Å². The third-order valence-corrected chi connectivity index (χ3v) is 5.19. The summed E-state index contributed by atoms with van der Waals surface area (Å²) in [5, 5.41) is 4.42. The van der Waals surface area contributed by atoms with Gasteiger partial charge in [0.2, 0.25) is 0 Å². The molecular weight excluding hydrogens is 366 g/mol. The summed E-state index contributed by atoms with van der Waals surface area (Å²) >= 11 is 0. The lowest BCUT2D eigenvalue weighted by Gasteiger charge is -2.22. The highest BCUT2D eigenvalue weighted by atomic mass is 16.5. The zero-order valence-corrected chi connectivity index (χ0v) is 18.3. The Morgan fingerprint density at radius 3 is 2.48 bits per heavy atom. The van der Waals surface area contributed by atoms with Crippen LogP contribution in [-0.2, 0) is 0 Å². The molecule has 1 aliphatic heterocycles. The quantitative estimate of drug-likeness (QED) is 0.744. The van der Waals surface area contributed by atoms with Gasteiger partial charge in [0, 0.05) is 36.1 Å². The van der Waals surface area contributed by atoms with Gasteiger partial charge in [0.25, 0.3) is 5.56 Å². The molecule has 0 atom stereocenters. The number of anilines is 1. The van der Waals surface area contributed by atoms with Gasteiger partial charge < -0.3 is 9.64 Å². The summed E-state index contributed by atoms with van der Waals surface area (Å²) in [4.78, 5) is 24.6. The van der Waals surface area contributed by atoms with E-state index in [1.54, 1.807) is 7.11 Å². The summed E-state index contributed by atoms with van der Waals surface area (Å²) in [6.07, 6.45) is 0. The van der Waals surface area contributed by atoms with Gasteiger partial charge in [0.15, 0.2) is 5.82 Å². The van der Waals surface area contributed by atoms with Crippen LogP contribution in [0.5, 0.6) is 5.75 Å². The van der Waals surface area contributed by atoms with Gasteiger partial charge in [-0.05, 0) is 45.7 Å². The molecule has 1 aromatic carbocycles. The van der Waals surface area contributed by atoms with Crippen molar-refractivity contribution < 1.29 is 4.74 Å². The van der Waals surface area contributed by atoms with E-state index in [0.29, 0.717) is 34.2 Å². The number of nitrogens with zero attached hydrogens (tertiary/aromatic N) is 5. The molecule has 2 aromatic rings. The lowest BCUT2D eigenvalue weighted by Crippen LogP contribution is -2.27. The maximum absolute atomic E-state index is 12.9. The minimum absolute atomic E-state index is 0.0806. The maximum Gasteiger partial charge on any atom is 0.278 e. The highest BCUT2D eigenvalue weighted by Gasteiger charge is 2.26. The van der Waals surface area contributed by atoms with Crippen molar-refractivity contribution in [3.05, 3.63) is 45.6 Å². The van der Waals surface area contributed by atoms with Gasteiger partial charge in [-0.2, -0.15) is 9.78 Å². The minimum Gasteiger partial charge on any atom is -0.494 e. The zero-order chi connectivity index (χ0) is 21.3. The van der Waals surface area contributed by atoms with E-state index in [2.05, 4.69) is 28.8 Å². The molecule has 1 aliphatic rings. The van der Waals surface area contributed by atoms with Crippen molar-refractivity contribution in [3.63, 3.8) is 0 Å². The van der Waals surface area contributed by atoms with Gasteiger partial charge in [-0.3, -0.25) is 4.79 Å². The first kappa shape index (κ1) is 20.8. The molecule has 0 spiro atoms. The predicted octanol–water partition coefficient (Wildman–Crippen LogP) is 3.89. The van der Waals surface area contributed by atoms with Gasteiger partial charge in [-0.15, -0.1) is 0 Å². The van der Waals surface area contributed by atoms with E-state index in [0.717, 1.165) is 24.5 Å². The van der Waals surface area contributed by atoms with Crippen LogP contribution >= 0.6 is 0 Å². The van der Waals surface area contributed by atoms with Crippen molar-refractivity contribution in [3.8, 4) is 5.75 Å². The Labute approximate surface area is 171 Å². The predicted molar refractivity (Wildman–Crippen MR) is 119 cm³/mol. The summed E-state index contributed by atoms with van der Waals surface area (Å²) in [7, 11) is 1.64. The molecule has 0 unspecified atom stereocenters. The van der Waals surface area contributed by atoms with Crippen LogP contribution in [0.15, 0.2) is 33.1 Å². The smallest absolute Gasteiger partial charge is 0.278 e. The largest absolute Gasteiger partial charge is 0.494 e. The molecular formula is C22H29N5O2. The van der Waals surface area contributed by atoms with Crippen molar-refractivity contribution in [1.82, 2.24) is 9.66 Å². The van der Waals surface area contributed by atoms with E-state index in [9.17, 15) is 4.79 Å². The number of ether oxygens (including phenoxy) is 1. The lowest BCUT2D eigenvalue weighted by molar-refractivity contribution is 0.416. The third kappa shape index (κ3) is 3.69. The van der Waals surface area contributed by atoms with Crippen LogP contribution in [0.2, 0.25) is 0 Å². The monoisotopic (exact) mass is 395 g/mol. The second kappa shape index (κ2) is 8.19. The Kier molecular flexibility index (Phi) is 5.86. The van der Waals surface area contributed by atoms with E-state index in [-0.39, 0.29) is 11.5 Å². The Hall–Kier alpha value is -2.96. The molecule has 0 amide bonds. The second-order valence-corrected chi connectivity index (χ2v) is 7.38. The second-order valence-electron chi connectivity index (χ2n) is 7.38. The molecule has 0 fully saturated rings. The van der Waals surface area contributed by atoms with Gasteiger partial charge in [-0.25, -0.2) is 9.98 Å². The lowest BCUT2D eigenvalue weighted by atomic mass is 10.0. The van der Waals surface area contributed by atoms with Crippen LogP contribution in [-0.4, -0.2) is 41.3 Å². The topological polar surface area (TPSA) is 72.1 Å². The van der Waals surface area contributed by atoms with Crippen molar-refractivity contribution >= 4 is 22.8 Å². The van der Waals surface area contributed by atoms with Gasteiger partial charge >= 0.3 is 0 Å². The molecule has 0 bridgehead atoms. The first-order chi connectivity index (χ1) is 13.8. The summed E-state index contributed by atoms with van der Waals surface area (Å²) in [5.41, 5.74) is 4.29. The fraction of sp³-hybridized carbons (Fsp3) is 0.455. The van der Waals surface area contributed by atoms with E-state index in [1.165, 1.54) is 4.68 Å². The average molecular weight is 396 g/mol. The van der Waals surface area contributed by atoms with E-state index in [1.807, 2.05) is 45.9 Å². The molecule has 29 heavy (non-hydrogen) atoms. The van der Waals surface area contributed by atoms with Crippen LogP contribution in [0, 0.1) is 6.92 Å². The number of fused-ring (bicyclic) bond motifs is 1. The Balaban J connectivity index is 2.12. The number of aliphatic imine (C=N–C) groups is 1. The number of methoxy groups -OCH3 is 1. The number of hydrogen-bond donors (Lipinski definition) is 0.